The summed E-state index contributed by atoms with van der Waals surface area (Å²) in [6.07, 6.45) is 3.17. The second kappa shape index (κ2) is 7.61. The molecule has 22 heavy (non-hydrogen) atoms. The van der Waals surface area contributed by atoms with Gasteiger partial charge in [-0.15, -0.1) is 0 Å². The van der Waals surface area contributed by atoms with Gasteiger partial charge in [0.1, 0.15) is 12.4 Å². The largest absolute Gasteiger partial charge is 0.497 e. The molecule has 2 aromatic rings. The third-order valence-electron chi connectivity index (χ3n) is 3.52. The van der Waals surface area contributed by atoms with Crippen LogP contribution in [0.2, 0.25) is 0 Å². The Morgan fingerprint density at radius 2 is 1.91 bits per heavy atom. The number of aliphatic hydroxyl groups is 1. The van der Waals surface area contributed by atoms with Gasteiger partial charge in [0.15, 0.2) is 0 Å². The number of carbonyl (C=O) groups is 1. The van der Waals surface area contributed by atoms with Crippen LogP contribution in [0.4, 0.5) is 0 Å². The van der Waals surface area contributed by atoms with Crippen LogP contribution in [0.15, 0.2) is 48.6 Å². The van der Waals surface area contributed by atoms with Gasteiger partial charge in [0, 0.05) is 0 Å². The Morgan fingerprint density at radius 3 is 2.64 bits per heavy atom. The second-order valence-corrected chi connectivity index (χ2v) is 4.98. The van der Waals surface area contributed by atoms with E-state index in [1.165, 1.54) is 0 Å². The Morgan fingerprint density at radius 1 is 1.18 bits per heavy atom. The normalized spacial score (nSPS) is 12.5. The number of ether oxygens (including phenoxy) is 2. The van der Waals surface area contributed by atoms with Crippen molar-refractivity contribution in [2.24, 2.45) is 0 Å². The zero-order valence-corrected chi connectivity index (χ0v) is 12.8. The van der Waals surface area contributed by atoms with Crippen molar-refractivity contribution in [3.05, 3.63) is 54.1 Å². The van der Waals surface area contributed by atoms with Crippen LogP contribution in [0.25, 0.3) is 10.8 Å². The van der Waals surface area contributed by atoms with E-state index in [1.54, 1.807) is 19.3 Å². The van der Waals surface area contributed by atoms with Crippen molar-refractivity contribution in [3.63, 3.8) is 0 Å². The molecule has 2 aromatic carbocycles. The van der Waals surface area contributed by atoms with Crippen molar-refractivity contribution in [1.82, 2.24) is 0 Å². The highest BCUT2D eigenvalue weighted by atomic mass is 16.5. The van der Waals surface area contributed by atoms with Crippen LogP contribution < -0.4 is 4.74 Å². The minimum atomic E-state index is -0.339. The summed E-state index contributed by atoms with van der Waals surface area (Å²) in [5, 5.41) is 10.7. The van der Waals surface area contributed by atoms with Gasteiger partial charge in [-0.3, -0.25) is 4.79 Å². The summed E-state index contributed by atoms with van der Waals surface area (Å²) in [6, 6.07) is 11.7. The number of rotatable bonds is 6. The molecule has 1 N–H and O–H groups in total. The predicted octanol–water partition coefficient (Wildman–Crippen LogP) is 3.04. The minimum Gasteiger partial charge on any atom is -0.497 e. The number of fused-ring (bicyclic) bond motifs is 1. The highest BCUT2D eigenvalue weighted by molar-refractivity contribution is 5.86. The first-order valence-electron chi connectivity index (χ1n) is 7.16. The van der Waals surface area contributed by atoms with E-state index in [0.29, 0.717) is 0 Å². The van der Waals surface area contributed by atoms with Gasteiger partial charge in [-0.2, -0.15) is 0 Å². The number of methoxy groups -OCH3 is 1. The average Bonchev–Trinajstić information content (AvgIpc) is 2.56. The Kier molecular flexibility index (Phi) is 5.55. The molecule has 4 heteroatoms. The number of hydrogen-bond acceptors (Lipinski definition) is 4. The first-order chi connectivity index (χ1) is 10.7. The summed E-state index contributed by atoms with van der Waals surface area (Å²) in [5.41, 5.74) is 0.911. The van der Waals surface area contributed by atoms with E-state index >= 15 is 0 Å². The van der Waals surface area contributed by atoms with Crippen molar-refractivity contribution >= 4 is 16.7 Å². The van der Waals surface area contributed by atoms with E-state index < -0.39 is 0 Å². The molecule has 0 spiro atoms. The molecule has 1 unspecified atom stereocenters. The molecular formula is C18H20O4. The predicted molar refractivity (Wildman–Crippen MR) is 86.1 cm³/mol. The van der Waals surface area contributed by atoms with Gasteiger partial charge in [0.2, 0.25) is 0 Å². The number of benzene rings is 2. The summed E-state index contributed by atoms with van der Waals surface area (Å²) in [6.45, 7) is 1.94. The average molecular weight is 300 g/mol. The number of carbonyl (C=O) groups excluding carboxylic acids is 1. The summed E-state index contributed by atoms with van der Waals surface area (Å²) >= 11 is 0. The van der Waals surface area contributed by atoms with Gasteiger partial charge >= 0.3 is 5.97 Å². The molecule has 2 rings (SSSR count). The van der Waals surface area contributed by atoms with E-state index in [2.05, 4.69) is 0 Å². The lowest BCUT2D eigenvalue weighted by molar-refractivity contribution is -0.143. The Labute approximate surface area is 130 Å². The van der Waals surface area contributed by atoms with Crippen LogP contribution >= 0.6 is 0 Å². The van der Waals surface area contributed by atoms with Crippen molar-refractivity contribution in [2.75, 3.05) is 20.3 Å². The summed E-state index contributed by atoms with van der Waals surface area (Å²) in [7, 11) is 1.64. The molecule has 0 saturated heterocycles. The van der Waals surface area contributed by atoms with Gasteiger partial charge in [-0.1, -0.05) is 30.3 Å². The molecule has 116 valence electrons. The molecule has 0 aliphatic carbocycles. The minimum absolute atomic E-state index is 0.0543. The Balaban J connectivity index is 2.12. The maximum atomic E-state index is 12.0. The lowest BCUT2D eigenvalue weighted by atomic mass is 9.98. The molecule has 1 atom stereocenters. The highest BCUT2D eigenvalue weighted by Crippen LogP contribution is 2.25. The standard InChI is InChI=1S/C18H20O4/c1-13(18(20)22-10-4-3-9-19)14-5-6-16-12-17(21-2)8-7-15(16)11-14/h3-8,11-13,19H,9-10H2,1-2H3. The zero-order chi connectivity index (χ0) is 15.9. The van der Waals surface area contributed by atoms with E-state index in [1.807, 2.05) is 43.3 Å². The van der Waals surface area contributed by atoms with Crippen molar-refractivity contribution < 1.29 is 19.4 Å². The van der Waals surface area contributed by atoms with Crippen LogP contribution in [0.1, 0.15) is 18.4 Å². The lowest BCUT2D eigenvalue weighted by Crippen LogP contribution is -2.13. The van der Waals surface area contributed by atoms with E-state index in [0.717, 1.165) is 22.1 Å². The van der Waals surface area contributed by atoms with Crippen LogP contribution in [0, 0.1) is 0 Å². The summed E-state index contributed by atoms with van der Waals surface area (Å²) < 4.78 is 10.4. The molecule has 0 amide bonds. The monoisotopic (exact) mass is 300 g/mol. The van der Waals surface area contributed by atoms with E-state index in [9.17, 15) is 4.79 Å². The molecule has 0 aliphatic rings. The third-order valence-corrected chi connectivity index (χ3v) is 3.52. The quantitative estimate of drug-likeness (QED) is 0.658. The van der Waals surface area contributed by atoms with Crippen LogP contribution in [0.5, 0.6) is 5.75 Å². The fourth-order valence-electron chi connectivity index (χ4n) is 2.17. The van der Waals surface area contributed by atoms with Gasteiger partial charge in [0.05, 0.1) is 19.6 Å². The fourth-order valence-corrected chi connectivity index (χ4v) is 2.17. The lowest BCUT2D eigenvalue weighted by Gasteiger charge is -2.12. The number of esters is 1. The highest BCUT2D eigenvalue weighted by Gasteiger charge is 2.16. The van der Waals surface area contributed by atoms with Crippen LogP contribution in [-0.4, -0.2) is 31.4 Å². The molecule has 0 heterocycles. The molecular weight excluding hydrogens is 280 g/mol. The first kappa shape index (κ1) is 16.0. The van der Waals surface area contributed by atoms with E-state index in [-0.39, 0.29) is 25.1 Å². The Bertz CT molecular complexity index is 676. The SMILES string of the molecule is COc1ccc2cc(C(C)C(=O)OCC=CCO)ccc2c1. The van der Waals surface area contributed by atoms with Gasteiger partial charge in [-0.25, -0.2) is 0 Å². The van der Waals surface area contributed by atoms with Crippen LogP contribution in [-0.2, 0) is 9.53 Å². The molecule has 0 aromatic heterocycles. The molecule has 0 radical (unpaired) electrons. The second-order valence-electron chi connectivity index (χ2n) is 4.98. The number of aliphatic hydroxyl groups excluding tert-OH is 1. The fraction of sp³-hybridized carbons (Fsp3) is 0.278. The Hall–Kier alpha value is -2.33. The summed E-state index contributed by atoms with van der Waals surface area (Å²) in [4.78, 5) is 12.0. The molecule has 0 fully saturated rings. The summed E-state index contributed by atoms with van der Waals surface area (Å²) in [5.74, 6) is 0.188. The van der Waals surface area contributed by atoms with Crippen molar-refractivity contribution in [1.29, 1.82) is 0 Å². The molecule has 0 bridgehead atoms. The zero-order valence-electron chi connectivity index (χ0n) is 12.8. The molecule has 4 nitrogen and oxygen atoms in total. The molecule has 0 aliphatic heterocycles. The van der Waals surface area contributed by atoms with Crippen molar-refractivity contribution in [3.8, 4) is 5.75 Å². The van der Waals surface area contributed by atoms with Crippen molar-refractivity contribution in [2.45, 2.75) is 12.8 Å². The van der Waals surface area contributed by atoms with E-state index in [4.69, 9.17) is 14.6 Å². The number of hydrogen-bond donors (Lipinski definition) is 1. The van der Waals surface area contributed by atoms with Gasteiger partial charge in [0.25, 0.3) is 0 Å². The maximum absolute atomic E-state index is 12.0. The maximum Gasteiger partial charge on any atom is 0.313 e. The van der Waals surface area contributed by atoms with Gasteiger partial charge < -0.3 is 14.6 Å². The molecule has 0 saturated carbocycles. The van der Waals surface area contributed by atoms with Gasteiger partial charge in [-0.05, 0) is 41.5 Å². The van der Waals surface area contributed by atoms with Crippen LogP contribution in [0.3, 0.4) is 0 Å². The third kappa shape index (κ3) is 3.86. The topological polar surface area (TPSA) is 55.8 Å². The smallest absolute Gasteiger partial charge is 0.313 e. The first-order valence-corrected chi connectivity index (χ1v) is 7.16.